The number of nitrogens with zero attached hydrogens (tertiary/aromatic N) is 4. The zero-order chi connectivity index (χ0) is 24.4. The summed E-state index contributed by atoms with van der Waals surface area (Å²) in [5.74, 6) is 2.57. The topological polar surface area (TPSA) is 73.9 Å². The molecule has 7 rings (SSSR count). The first-order chi connectivity index (χ1) is 17.5. The van der Waals surface area contributed by atoms with Crippen molar-refractivity contribution in [3.8, 4) is 17.3 Å². The Kier molecular flexibility index (Phi) is 4.92. The Morgan fingerprint density at radius 1 is 1.11 bits per heavy atom. The number of ether oxygens (including phenoxy) is 1. The molecule has 0 radical (unpaired) electrons. The van der Waals surface area contributed by atoms with E-state index in [0.717, 1.165) is 60.2 Å². The molecule has 184 valence electrons. The van der Waals surface area contributed by atoms with Gasteiger partial charge in [0.2, 0.25) is 5.88 Å². The highest BCUT2D eigenvalue weighted by Crippen LogP contribution is 2.54. The molecule has 3 aromatic heterocycles. The molecule has 0 N–H and O–H groups in total. The van der Waals surface area contributed by atoms with Crippen LogP contribution in [0.1, 0.15) is 74.5 Å². The van der Waals surface area contributed by atoms with Gasteiger partial charge in [-0.05, 0) is 63.0 Å². The molecule has 4 aromatic rings. The molecule has 1 saturated carbocycles. The average molecular weight is 485 g/mol. The summed E-state index contributed by atoms with van der Waals surface area (Å²) in [7, 11) is 0. The first kappa shape index (κ1) is 21.9. The predicted molar refractivity (Wildman–Crippen MR) is 133 cm³/mol. The molecule has 1 fully saturated rings. The highest BCUT2D eigenvalue weighted by molar-refractivity contribution is 5.92. The second-order valence-electron chi connectivity index (χ2n) is 10.9. The van der Waals surface area contributed by atoms with Crippen molar-refractivity contribution in [2.75, 3.05) is 0 Å². The molecule has 36 heavy (non-hydrogen) atoms. The fraction of sp³-hybridized carbons (Fsp3) is 0.448. The van der Waals surface area contributed by atoms with Crippen LogP contribution in [0.2, 0.25) is 0 Å². The molecular weight excluding hydrogens is 455 g/mol. The number of halogens is 1. The van der Waals surface area contributed by atoms with Crippen LogP contribution in [0.25, 0.3) is 22.3 Å². The van der Waals surface area contributed by atoms with Crippen LogP contribution in [0.5, 0.6) is 5.88 Å². The van der Waals surface area contributed by atoms with Gasteiger partial charge in [-0.25, -0.2) is 9.37 Å². The SMILES string of the molecule is C[C@H]1c2oncc2C[C@@]2(C)c3nc(-c4ccnc5c(F)cccc45)nc(OC4CCCC4)c3CC[C@H]12. The summed E-state index contributed by atoms with van der Waals surface area (Å²) in [6.07, 6.45) is 10.9. The number of pyridine rings is 1. The highest BCUT2D eigenvalue weighted by atomic mass is 19.1. The third-order valence-corrected chi connectivity index (χ3v) is 8.83. The molecule has 3 heterocycles. The molecule has 0 amide bonds. The van der Waals surface area contributed by atoms with Crippen LogP contribution < -0.4 is 4.74 Å². The lowest BCUT2D eigenvalue weighted by atomic mass is 9.56. The molecule has 0 saturated heterocycles. The second kappa shape index (κ2) is 8.08. The van der Waals surface area contributed by atoms with Crippen molar-refractivity contribution in [2.24, 2.45) is 5.92 Å². The first-order valence-electron chi connectivity index (χ1n) is 13.1. The van der Waals surface area contributed by atoms with E-state index in [4.69, 9.17) is 19.2 Å². The Morgan fingerprint density at radius 3 is 2.83 bits per heavy atom. The summed E-state index contributed by atoms with van der Waals surface area (Å²) >= 11 is 0. The highest BCUT2D eigenvalue weighted by Gasteiger charge is 2.51. The van der Waals surface area contributed by atoms with Gasteiger partial charge in [-0.2, -0.15) is 4.98 Å². The summed E-state index contributed by atoms with van der Waals surface area (Å²) in [5, 5.41) is 4.83. The monoisotopic (exact) mass is 484 g/mol. The van der Waals surface area contributed by atoms with Crippen molar-refractivity contribution in [1.29, 1.82) is 0 Å². The average Bonchev–Trinajstić information content (AvgIpc) is 3.56. The van der Waals surface area contributed by atoms with Gasteiger partial charge in [0.25, 0.3) is 0 Å². The minimum Gasteiger partial charge on any atom is -0.474 e. The summed E-state index contributed by atoms with van der Waals surface area (Å²) < 4.78 is 26.9. The molecule has 0 bridgehead atoms. The molecule has 0 unspecified atom stereocenters. The van der Waals surface area contributed by atoms with Crippen molar-refractivity contribution >= 4 is 10.9 Å². The van der Waals surface area contributed by atoms with Gasteiger partial charge in [0.05, 0.1) is 11.9 Å². The number of aromatic nitrogens is 4. The Labute approximate surface area is 209 Å². The Hall–Kier alpha value is -3.35. The molecule has 6 nitrogen and oxygen atoms in total. The van der Waals surface area contributed by atoms with Gasteiger partial charge >= 0.3 is 0 Å². The van der Waals surface area contributed by atoms with Crippen molar-refractivity contribution in [1.82, 2.24) is 20.1 Å². The minimum absolute atomic E-state index is 0.184. The quantitative estimate of drug-likeness (QED) is 0.339. The van der Waals surface area contributed by atoms with Gasteiger partial charge in [0, 0.05) is 39.6 Å². The third kappa shape index (κ3) is 3.21. The fourth-order valence-corrected chi connectivity index (χ4v) is 7.04. The number of benzene rings is 1. The summed E-state index contributed by atoms with van der Waals surface area (Å²) in [4.78, 5) is 14.6. The molecule has 7 heteroatoms. The van der Waals surface area contributed by atoms with Gasteiger partial charge in [-0.3, -0.25) is 4.98 Å². The smallest absolute Gasteiger partial charge is 0.220 e. The number of hydrogen-bond acceptors (Lipinski definition) is 6. The summed E-state index contributed by atoms with van der Waals surface area (Å²) in [6.45, 7) is 4.57. The van der Waals surface area contributed by atoms with Crippen molar-refractivity contribution in [3.63, 3.8) is 0 Å². The Balaban J connectivity index is 1.44. The molecule has 0 aliphatic heterocycles. The summed E-state index contributed by atoms with van der Waals surface area (Å²) in [5.41, 5.74) is 4.24. The maximum atomic E-state index is 14.6. The van der Waals surface area contributed by atoms with Crippen LogP contribution in [-0.4, -0.2) is 26.2 Å². The predicted octanol–water partition coefficient (Wildman–Crippen LogP) is 6.32. The number of para-hydroxylation sites is 1. The Morgan fingerprint density at radius 2 is 1.97 bits per heavy atom. The zero-order valence-electron chi connectivity index (χ0n) is 20.6. The normalized spacial score (nSPS) is 25.4. The van der Waals surface area contributed by atoms with Gasteiger partial charge in [-0.1, -0.05) is 31.1 Å². The Bertz CT molecular complexity index is 1480. The zero-order valence-corrected chi connectivity index (χ0v) is 20.6. The van der Waals surface area contributed by atoms with E-state index in [-0.39, 0.29) is 23.3 Å². The van der Waals surface area contributed by atoms with Crippen LogP contribution >= 0.6 is 0 Å². The molecule has 0 spiro atoms. The van der Waals surface area contributed by atoms with E-state index in [2.05, 4.69) is 24.0 Å². The lowest BCUT2D eigenvalue weighted by molar-refractivity contribution is 0.161. The maximum Gasteiger partial charge on any atom is 0.220 e. The van der Waals surface area contributed by atoms with E-state index in [1.54, 1.807) is 12.3 Å². The van der Waals surface area contributed by atoms with Gasteiger partial charge in [-0.15, -0.1) is 0 Å². The number of hydrogen-bond donors (Lipinski definition) is 0. The van der Waals surface area contributed by atoms with Crippen LogP contribution in [0, 0.1) is 11.7 Å². The van der Waals surface area contributed by atoms with E-state index in [0.29, 0.717) is 28.5 Å². The van der Waals surface area contributed by atoms with Crippen molar-refractivity contribution < 1.29 is 13.7 Å². The van der Waals surface area contributed by atoms with Gasteiger partial charge < -0.3 is 9.26 Å². The van der Waals surface area contributed by atoms with E-state index >= 15 is 0 Å². The van der Waals surface area contributed by atoms with Crippen LogP contribution in [0.3, 0.4) is 0 Å². The minimum atomic E-state index is -0.345. The maximum absolute atomic E-state index is 14.6. The molecule has 3 aliphatic carbocycles. The summed E-state index contributed by atoms with van der Waals surface area (Å²) in [6, 6.07) is 6.92. The molecule has 1 aromatic carbocycles. The van der Waals surface area contributed by atoms with E-state index in [1.165, 1.54) is 18.9 Å². The lowest BCUT2D eigenvalue weighted by Crippen LogP contribution is -2.45. The third-order valence-electron chi connectivity index (χ3n) is 8.83. The van der Waals surface area contributed by atoms with E-state index < -0.39 is 0 Å². The van der Waals surface area contributed by atoms with E-state index in [9.17, 15) is 4.39 Å². The standard InChI is InChI=1S/C29H29FN4O2/c1-16-22-11-10-21-26(29(22,2)14-17-15-32-36-25(16)17)33-27(34-28(21)35-18-6-3-4-7-18)20-12-13-31-24-19(20)8-5-9-23(24)30/h5,8-9,12-13,15-16,18,22H,3-4,6-7,10-11,14H2,1-2H3/t16-,22-,29-/m1/s1. The van der Waals surface area contributed by atoms with Crippen molar-refractivity contribution in [3.05, 3.63) is 65.1 Å². The van der Waals surface area contributed by atoms with Crippen LogP contribution in [0.15, 0.2) is 41.2 Å². The molecule has 3 aliphatic rings. The number of rotatable bonds is 3. The van der Waals surface area contributed by atoms with Crippen molar-refractivity contribution in [2.45, 2.75) is 76.2 Å². The number of fused-ring (bicyclic) bond motifs is 5. The largest absolute Gasteiger partial charge is 0.474 e. The fourth-order valence-electron chi connectivity index (χ4n) is 7.04. The first-order valence-corrected chi connectivity index (χ1v) is 13.1. The van der Waals surface area contributed by atoms with Crippen LogP contribution in [-0.2, 0) is 18.3 Å². The van der Waals surface area contributed by atoms with E-state index in [1.807, 2.05) is 18.3 Å². The van der Waals surface area contributed by atoms with Gasteiger partial charge in [0.1, 0.15) is 23.2 Å². The molecular formula is C29H29FN4O2. The lowest BCUT2D eigenvalue weighted by Gasteiger charge is -2.47. The van der Waals surface area contributed by atoms with Gasteiger partial charge in [0.15, 0.2) is 5.82 Å². The second-order valence-corrected chi connectivity index (χ2v) is 10.9. The van der Waals surface area contributed by atoms with Crippen LogP contribution in [0.4, 0.5) is 4.39 Å². The molecule has 3 atom stereocenters.